The average Bonchev–Trinajstić information content (AvgIpc) is 1.60. The molecule has 10 heavy (non-hydrogen) atoms. The predicted octanol–water partition coefficient (Wildman–Crippen LogP) is 0.968. The van der Waals surface area contributed by atoms with E-state index in [9.17, 15) is 0 Å². The fourth-order valence-corrected chi connectivity index (χ4v) is 1.48. The first-order chi connectivity index (χ1) is 4.39. The summed E-state index contributed by atoms with van der Waals surface area (Å²) in [4.78, 5) is 0. The van der Waals surface area contributed by atoms with Crippen molar-refractivity contribution in [2.45, 2.75) is 39.8 Å². The molecule has 0 aromatic heterocycles. The second kappa shape index (κ2) is 3.35. The molecule has 0 bridgehead atoms. The van der Waals surface area contributed by atoms with Gasteiger partial charge < -0.3 is 11.1 Å². The molecule has 0 aromatic carbocycles. The molecule has 0 saturated heterocycles. The zero-order valence-corrected chi connectivity index (χ0v) is 7.73. The van der Waals surface area contributed by atoms with E-state index in [0.29, 0.717) is 6.04 Å². The predicted molar refractivity (Wildman–Crippen MR) is 46.0 cm³/mol. The van der Waals surface area contributed by atoms with E-state index in [-0.39, 0.29) is 11.5 Å². The number of hydrogen-bond acceptors (Lipinski definition) is 2. The standard InChI is InChI=1S/C8H20N2/c1-6(9)7(10-5)8(2,3)4/h6-7,10H,9H2,1-5H3. The van der Waals surface area contributed by atoms with Gasteiger partial charge in [-0.05, 0) is 19.4 Å². The van der Waals surface area contributed by atoms with E-state index in [1.165, 1.54) is 0 Å². The molecule has 0 aliphatic heterocycles. The third-order valence-corrected chi connectivity index (χ3v) is 1.77. The lowest BCUT2D eigenvalue weighted by molar-refractivity contribution is 0.252. The van der Waals surface area contributed by atoms with Gasteiger partial charge in [0.2, 0.25) is 0 Å². The Balaban J connectivity index is 4.07. The number of nitrogens with one attached hydrogen (secondary N) is 1. The second-order valence-corrected chi connectivity index (χ2v) is 3.99. The van der Waals surface area contributed by atoms with Gasteiger partial charge in [0.25, 0.3) is 0 Å². The van der Waals surface area contributed by atoms with Crippen LogP contribution in [-0.2, 0) is 0 Å². The van der Waals surface area contributed by atoms with Gasteiger partial charge in [-0.2, -0.15) is 0 Å². The molecule has 2 unspecified atom stereocenters. The molecule has 3 N–H and O–H groups in total. The van der Waals surface area contributed by atoms with Gasteiger partial charge in [-0.15, -0.1) is 0 Å². The van der Waals surface area contributed by atoms with Crippen molar-refractivity contribution >= 4 is 0 Å². The first-order valence-corrected chi connectivity index (χ1v) is 3.82. The highest BCUT2D eigenvalue weighted by atomic mass is 14.9. The molecule has 0 amide bonds. The highest BCUT2D eigenvalue weighted by Crippen LogP contribution is 2.20. The van der Waals surface area contributed by atoms with Crippen molar-refractivity contribution in [3.05, 3.63) is 0 Å². The first-order valence-electron chi connectivity index (χ1n) is 3.82. The van der Waals surface area contributed by atoms with Crippen LogP contribution < -0.4 is 11.1 Å². The molecule has 0 aliphatic rings. The van der Waals surface area contributed by atoms with Gasteiger partial charge >= 0.3 is 0 Å². The summed E-state index contributed by atoms with van der Waals surface area (Å²) in [6.07, 6.45) is 0. The minimum absolute atomic E-state index is 0.213. The van der Waals surface area contributed by atoms with Crippen LogP contribution in [0.5, 0.6) is 0 Å². The molecular weight excluding hydrogens is 124 g/mol. The van der Waals surface area contributed by atoms with Gasteiger partial charge in [0, 0.05) is 12.1 Å². The summed E-state index contributed by atoms with van der Waals surface area (Å²) in [5.41, 5.74) is 6.02. The molecule has 0 aliphatic carbocycles. The third kappa shape index (κ3) is 2.67. The zero-order valence-electron chi connectivity index (χ0n) is 7.73. The largest absolute Gasteiger partial charge is 0.327 e. The summed E-state index contributed by atoms with van der Waals surface area (Å²) in [6.45, 7) is 8.61. The SMILES string of the molecule is CNC(C(C)N)C(C)(C)C. The van der Waals surface area contributed by atoms with Gasteiger partial charge in [-0.1, -0.05) is 20.8 Å². The van der Waals surface area contributed by atoms with Crippen molar-refractivity contribution in [3.63, 3.8) is 0 Å². The Hall–Kier alpha value is -0.0800. The molecule has 0 spiro atoms. The molecular formula is C8H20N2. The topological polar surface area (TPSA) is 38.0 Å². The molecule has 2 heteroatoms. The van der Waals surface area contributed by atoms with E-state index in [1.54, 1.807) is 0 Å². The number of nitrogens with two attached hydrogens (primary N) is 1. The Morgan fingerprint density at radius 1 is 1.30 bits per heavy atom. The second-order valence-electron chi connectivity index (χ2n) is 3.99. The Kier molecular flexibility index (Phi) is 3.33. The lowest BCUT2D eigenvalue weighted by Crippen LogP contribution is -2.49. The molecule has 0 aromatic rings. The summed E-state index contributed by atoms with van der Waals surface area (Å²) >= 11 is 0. The Labute approximate surface area is 64.2 Å². The third-order valence-electron chi connectivity index (χ3n) is 1.77. The summed E-state index contributed by atoms with van der Waals surface area (Å²) in [6, 6.07) is 0.609. The zero-order chi connectivity index (χ0) is 8.36. The van der Waals surface area contributed by atoms with Gasteiger partial charge in [0.1, 0.15) is 0 Å². The van der Waals surface area contributed by atoms with Gasteiger partial charge in [0.15, 0.2) is 0 Å². The van der Waals surface area contributed by atoms with Crippen LogP contribution in [0.15, 0.2) is 0 Å². The quantitative estimate of drug-likeness (QED) is 0.606. The van der Waals surface area contributed by atoms with Crippen LogP contribution in [0, 0.1) is 5.41 Å². The molecule has 2 nitrogen and oxygen atoms in total. The van der Waals surface area contributed by atoms with Crippen LogP contribution in [0.3, 0.4) is 0 Å². The van der Waals surface area contributed by atoms with Crippen molar-refractivity contribution < 1.29 is 0 Å². The average molecular weight is 144 g/mol. The van der Waals surface area contributed by atoms with E-state index in [2.05, 4.69) is 26.1 Å². The maximum Gasteiger partial charge on any atom is 0.0261 e. The smallest absolute Gasteiger partial charge is 0.0261 e. The molecule has 62 valence electrons. The molecule has 0 heterocycles. The molecule has 0 fully saturated rings. The maximum atomic E-state index is 5.77. The fourth-order valence-electron chi connectivity index (χ4n) is 1.48. The highest BCUT2D eigenvalue weighted by Gasteiger charge is 2.25. The van der Waals surface area contributed by atoms with Crippen LogP contribution in [0.1, 0.15) is 27.7 Å². The van der Waals surface area contributed by atoms with Crippen LogP contribution in [0.2, 0.25) is 0 Å². The minimum Gasteiger partial charge on any atom is -0.327 e. The normalized spacial score (nSPS) is 18.6. The Morgan fingerprint density at radius 3 is 1.70 bits per heavy atom. The number of rotatable bonds is 2. The maximum absolute atomic E-state index is 5.77. The van der Waals surface area contributed by atoms with Crippen molar-refractivity contribution in [1.29, 1.82) is 0 Å². The Bertz CT molecular complexity index is 91.9. The molecule has 0 radical (unpaired) electrons. The highest BCUT2D eigenvalue weighted by molar-refractivity contribution is 4.85. The summed E-state index contributed by atoms with van der Waals surface area (Å²) in [5, 5.41) is 3.22. The van der Waals surface area contributed by atoms with Crippen LogP contribution in [0.25, 0.3) is 0 Å². The van der Waals surface area contributed by atoms with Crippen molar-refractivity contribution in [2.24, 2.45) is 11.1 Å². The summed E-state index contributed by atoms with van der Waals surface area (Å²) in [7, 11) is 1.96. The van der Waals surface area contributed by atoms with E-state index in [1.807, 2.05) is 14.0 Å². The van der Waals surface area contributed by atoms with Crippen LogP contribution in [-0.4, -0.2) is 19.1 Å². The van der Waals surface area contributed by atoms with E-state index in [4.69, 9.17) is 5.73 Å². The Morgan fingerprint density at radius 2 is 1.70 bits per heavy atom. The van der Waals surface area contributed by atoms with Gasteiger partial charge in [-0.25, -0.2) is 0 Å². The van der Waals surface area contributed by atoms with E-state index < -0.39 is 0 Å². The monoisotopic (exact) mass is 144 g/mol. The minimum atomic E-state index is 0.213. The van der Waals surface area contributed by atoms with Gasteiger partial charge in [-0.3, -0.25) is 0 Å². The van der Waals surface area contributed by atoms with Gasteiger partial charge in [0.05, 0.1) is 0 Å². The molecule has 0 saturated carbocycles. The van der Waals surface area contributed by atoms with Crippen molar-refractivity contribution in [1.82, 2.24) is 5.32 Å². The lowest BCUT2D eigenvalue weighted by atomic mass is 9.83. The first kappa shape index (κ1) is 9.92. The van der Waals surface area contributed by atoms with Crippen molar-refractivity contribution in [2.75, 3.05) is 7.05 Å². The van der Waals surface area contributed by atoms with E-state index in [0.717, 1.165) is 0 Å². The molecule has 2 atom stereocenters. The summed E-state index contributed by atoms with van der Waals surface area (Å²) < 4.78 is 0. The van der Waals surface area contributed by atoms with Crippen molar-refractivity contribution in [3.8, 4) is 0 Å². The fraction of sp³-hybridized carbons (Fsp3) is 1.00. The van der Waals surface area contributed by atoms with E-state index >= 15 is 0 Å². The van der Waals surface area contributed by atoms with Crippen LogP contribution in [0.4, 0.5) is 0 Å². The molecule has 0 rings (SSSR count). The van der Waals surface area contributed by atoms with Crippen LogP contribution >= 0.6 is 0 Å². The summed E-state index contributed by atoms with van der Waals surface area (Å²) in [5.74, 6) is 0. The number of likely N-dealkylation sites (N-methyl/N-ethyl adjacent to an activating group) is 1. The number of hydrogen-bond donors (Lipinski definition) is 2. The lowest BCUT2D eigenvalue weighted by Gasteiger charge is -2.33.